The van der Waals surface area contributed by atoms with Gasteiger partial charge in [0.2, 0.25) is 11.8 Å². The van der Waals surface area contributed by atoms with E-state index in [1.807, 2.05) is 49.6 Å². The number of aryl methyl sites for hydroxylation is 1. The number of hydrogen-bond acceptors (Lipinski definition) is 4. The van der Waals surface area contributed by atoms with Gasteiger partial charge in [0, 0.05) is 29.2 Å². The normalized spacial score (nSPS) is 10.5. The number of anilines is 2. The van der Waals surface area contributed by atoms with Gasteiger partial charge >= 0.3 is 0 Å². The number of hydrogen-bond donors (Lipinski definition) is 2. The first-order valence-corrected chi connectivity index (χ1v) is 9.49. The Morgan fingerprint density at radius 1 is 1.00 bits per heavy atom. The quantitative estimate of drug-likeness (QED) is 0.682. The molecule has 6 heteroatoms. The van der Waals surface area contributed by atoms with Crippen molar-refractivity contribution in [2.24, 2.45) is 0 Å². The molecule has 2 N–H and O–H groups in total. The Kier molecular flexibility index (Phi) is 5.66. The summed E-state index contributed by atoms with van der Waals surface area (Å²) in [4.78, 5) is 28.3. The Balaban J connectivity index is 1.68. The first-order valence-electron chi connectivity index (χ1n) is 8.61. The fraction of sp³-hybridized carbons (Fsp3) is 0.190. The third kappa shape index (κ3) is 4.80. The van der Waals surface area contributed by atoms with Crippen molar-refractivity contribution in [3.05, 3.63) is 64.7 Å². The van der Waals surface area contributed by atoms with Gasteiger partial charge in [-0.15, -0.1) is 11.3 Å². The van der Waals surface area contributed by atoms with E-state index in [1.54, 1.807) is 12.1 Å². The number of nitrogens with zero attached hydrogens (tertiary/aromatic N) is 1. The van der Waals surface area contributed by atoms with Crippen LogP contribution >= 0.6 is 11.3 Å². The number of carbonyl (C=O) groups excluding carboxylic acids is 2. The van der Waals surface area contributed by atoms with Crippen LogP contribution in [-0.4, -0.2) is 16.8 Å². The molecule has 2 aromatic carbocycles. The number of benzene rings is 2. The van der Waals surface area contributed by atoms with E-state index in [1.165, 1.54) is 23.8 Å². The van der Waals surface area contributed by atoms with Crippen molar-refractivity contribution in [2.75, 3.05) is 10.6 Å². The Hall–Kier alpha value is -2.99. The first-order chi connectivity index (χ1) is 12.9. The minimum atomic E-state index is -0.146. The minimum Gasteiger partial charge on any atom is -0.326 e. The predicted octanol–water partition coefficient (Wildman–Crippen LogP) is 4.57. The molecule has 0 radical (unpaired) electrons. The van der Waals surface area contributed by atoms with Crippen LogP contribution in [0.15, 0.2) is 47.8 Å². The number of rotatable bonds is 5. The lowest BCUT2D eigenvalue weighted by molar-refractivity contribution is -0.116. The van der Waals surface area contributed by atoms with Crippen molar-refractivity contribution in [3.63, 3.8) is 0 Å². The highest BCUT2D eigenvalue weighted by Gasteiger charge is 2.12. The lowest BCUT2D eigenvalue weighted by atomic mass is 10.1. The summed E-state index contributed by atoms with van der Waals surface area (Å²) in [7, 11) is 0. The van der Waals surface area contributed by atoms with Gasteiger partial charge in [0.05, 0.1) is 12.1 Å². The molecule has 0 spiro atoms. The van der Waals surface area contributed by atoms with Gasteiger partial charge in [-0.05, 0) is 31.5 Å². The summed E-state index contributed by atoms with van der Waals surface area (Å²) in [5.74, 6) is -0.286. The average Bonchev–Trinajstić information content (AvgIpc) is 3.07. The minimum absolute atomic E-state index is 0.140. The van der Waals surface area contributed by atoms with E-state index in [-0.39, 0.29) is 18.2 Å². The Labute approximate surface area is 162 Å². The van der Waals surface area contributed by atoms with Crippen LogP contribution in [0.1, 0.15) is 23.7 Å². The third-order valence-corrected chi connectivity index (χ3v) is 5.05. The number of amides is 2. The van der Waals surface area contributed by atoms with Gasteiger partial charge < -0.3 is 10.6 Å². The molecular formula is C21H21N3O2S. The molecule has 0 saturated heterocycles. The van der Waals surface area contributed by atoms with Crippen LogP contribution in [0.4, 0.5) is 11.4 Å². The van der Waals surface area contributed by atoms with Crippen LogP contribution < -0.4 is 10.6 Å². The lowest BCUT2D eigenvalue weighted by Crippen LogP contribution is -2.16. The molecule has 0 aliphatic heterocycles. The second-order valence-electron chi connectivity index (χ2n) is 6.39. The van der Waals surface area contributed by atoms with Crippen LogP contribution in [0.3, 0.4) is 0 Å². The molecule has 1 heterocycles. The van der Waals surface area contributed by atoms with Gasteiger partial charge in [0.25, 0.3) is 0 Å². The van der Waals surface area contributed by atoms with E-state index in [4.69, 9.17) is 0 Å². The summed E-state index contributed by atoms with van der Waals surface area (Å²) in [5, 5.41) is 8.48. The smallest absolute Gasteiger partial charge is 0.230 e. The molecular weight excluding hydrogens is 358 g/mol. The standard InChI is InChI=1S/C21H21N3O2S/c1-13-7-9-16(10-8-13)21-23-17(12-27-21)11-20(26)24-19-6-4-5-18(14(19)2)22-15(3)25/h4-10,12H,11H2,1-3H3,(H,22,25)(H,24,26). The van der Waals surface area contributed by atoms with E-state index in [0.717, 1.165) is 21.8 Å². The fourth-order valence-corrected chi connectivity index (χ4v) is 3.50. The highest BCUT2D eigenvalue weighted by Crippen LogP contribution is 2.25. The molecule has 5 nitrogen and oxygen atoms in total. The highest BCUT2D eigenvalue weighted by molar-refractivity contribution is 7.13. The second-order valence-corrected chi connectivity index (χ2v) is 7.25. The molecule has 1 aromatic heterocycles. The van der Waals surface area contributed by atoms with Crippen LogP contribution in [-0.2, 0) is 16.0 Å². The monoisotopic (exact) mass is 379 g/mol. The van der Waals surface area contributed by atoms with Gasteiger partial charge in [0.1, 0.15) is 5.01 Å². The molecule has 0 unspecified atom stereocenters. The van der Waals surface area contributed by atoms with Crippen LogP contribution in [0.25, 0.3) is 10.6 Å². The third-order valence-electron chi connectivity index (χ3n) is 4.11. The number of thiazole rings is 1. The van der Waals surface area contributed by atoms with Crippen molar-refractivity contribution >= 4 is 34.5 Å². The first kappa shape index (κ1) is 18.8. The van der Waals surface area contributed by atoms with Crippen molar-refractivity contribution < 1.29 is 9.59 Å². The molecule has 0 aliphatic rings. The van der Waals surface area contributed by atoms with Crippen LogP contribution in [0, 0.1) is 13.8 Å². The summed E-state index contributed by atoms with van der Waals surface area (Å²) in [5.41, 5.74) is 5.18. The largest absolute Gasteiger partial charge is 0.326 e. The van der Waals surface area contributed by atoms with Gasteiger partial charge in [-0.1, -0.05) is 35.9 Å². The van der Waals surface area contributed by atoms with Gasteiger partial charge in [-0.2, -0.15) is 0 Å². The van der Waals surface area contributed by atoms with Crippen molar-refractivity contribution in [3.8, 4) is 10.6 Å². The maximum atomic E-state index is 12.4. The molecule has 0 atom stereocenters. The fourth-order valence-electron chi connectivity index (χ4n) is 2.67. The number of aromatic nitrogens is 1. The van der Waals surface area contributed by atoms with Crippen molar-refractivity contribution in [1.29, 1.82) is 0 Å². The van der Waals surface area contributed by atoms with Gasteiger partial charge in [-0.3, -0.25) is 9.59 Å². The molecule has 0 fully saturated rings. The number of nitrogens with one attached hydrogen (secondary N) is 2. The molecule has 2 amide bonds. The Bertz CT molecular complexity index is 977. The molecule has 3 aromatic rings. The van der Waals surface area contributed by atoms with Gasteiger partial charge in [-0.25, -0.2) is 4.98 Å². The molecule has 0 bridgehead atoms. The van der Waals surface area contributed by atoms with E-state index >= 15 is 0 Å². The van der Waals surface area contributed by atoms with Crippen LogP contribution in [0.5, 0.6) is 0 Å². The second kappa shape index (κ2) is 8.14. The summed E-state index contributed by atoms with van der Waals surface area (Å²) >= 11 is 1.53. The summed E-state index contributed by atoms with van der Waals surface area (Å²) in [6.45, 7) is 5.36. The Morgan fingerprint density at radius 2 is 1.67 bits per heavy atom. The zero-order chi connectivity index (χ0) is 19.4. The van der Waals surface area contributed by atoms with Crippen LogP contribution in [0.2, 0.25) is 0 Å². The van der Waals surface area contributed by atoms with E-state index in [2.05, 4.69) is 15.6 Å². The van der Waals surface area contributed by atoms with Crippen molar-refractivity contribution in [1.82, 2.24) is 4.98 Å². The summed E-state index contributed by atoms with van der Waals surface area (Å²) in [6.07, 6.45) is 0.201. The maximum Gasteiger partial charge on any atom is 0.230 e. The molecule has 0 aliphatic carbocycles. The SMILES string of the molecule is CC(=O)Nc1cccc(NC(=O)Cc2csc(-c3ccc(C)cc3)n2)c1C. The van der Waals surface area contributed by atoms with Crippen molar-refractivity contribution in [2.45, 2.75) is 27.2 Å². The summed E-state index contributed by atoms with van der Waals surface area (Å²) in [6, 6.07) is 13.6. The Morgan fingerprint density at radius 3 is 2.33 bits per heavy atom. The molecule has 3 rings (SSSR count). The average molecular weight is 379 g/mol. The zero-order valence-electron chi connectivity index (χ0n) is 15.5. The lowest BCUT2D eigenvalue weighted by Gasteiger charge is -2.12. The molecule has 0 saturated carbocycles. The van der Waals surface area contributed by atoms with E-state index < -0.39 is 0 Å². The predicted molar refractivity (Wildman–Crippen MR) is 110 cm³/mol. The van der Waals surface area contributed by atoms with E-state index in [9.17, 15) is 9.59 Å². The highest BCUT2D eigenvalue weighted by atomic mass is 32.1. The topological polar surface area (TPSA) is 71.1 Å². The molecule has 27 heavy (non-hydrogen) atoms. The van der Waals surface area contributed by atoms with E-state index in [0.29, 0.717) is 11.4 Å². The maximum absolute atomic E-state index is 12.4. The number of carbonyl (C=O) groups is 2. The zero-order valence-corrected chi connectivity index (χ0v) is 16.3. The molecule has 138 valence electrons. The van der Waals surface area contributed by atoms with Gasteiger partial charge in [0.15, 0.2) is 0 Å². The summed E-state index contributed by atoms with van der Waals surface area (Å²) < 4.78 is 0.